The average molecular weight is 259 g/mol. The number of guanidine groups is 1. The van der Waals surface area contributed by atoms with Crippen LogP contribution in [0.2, 0.25) is 0 Å². The summed E-state index contributed by atoms with van der Waals surface area (Å²) in [5.41, 5.74) is 6.85. The van der Waals surface area contributed by atoms with Crippen molar-refractivity contribution >= 4 is 23.0 Å². The zero-order valence-corrected chi connectivity index (χ0v) is 11.4. The molecule has 0 aliphatic rings. The van der Waals surface area contributed by atoms with E-state index in [1.54, 1.807) is 11.3 Å². The molecule has 0 fully saturated rings. The molecule has 1 aromatic carbocycles. The van der Waals surface area contributed by atoms with Crippen LogP contribution in [-0.2, 0) is 0 Å². The summed E-state index contributed by atoms with van der Waals surface area (Å²) in [7, 11) is 0. The molecule has 0 aliphatic carbocycles. The van der Waals surface area contributed by atoms with Crippen LogP contribution in [0, 0.1) is 6.92 Å². The maximum absolute atomic E-state index is 5.89. The van der Waals surface area contributed by atoms with Crippen LogP contribution in [-0.4, -0.2) is 5.96 Å². The number of benzene rings is 1. The van der Waals surface area contributed by atoms with Crippen molar-refractivity contribution in [3.63, 3.8) is 0 Å². The third-order valence-corrected chi connectivity index (χ3v) is 3.72. The van der Waals surface area contributed by atoms with Gasteiger partial charge in [-0.1, -0.05) is 18.2 Å². The minimum atomic E-state index is 0.0833. The van der Waals surface area contributed by atoms with Crippen LogP contribution < -0.4 is 11.1 Å². The second-order valence-electron chi connectivity index (χ2n) is 4.13. The normalized spacial score (nSPS) is 13.3. The molecule has 0 aliphatic heterocycles. The predicted octanol–water partition coefficient (Wildman–Crippen LogP) is 3.54. The van der Waals surface area contributed by atoms with Gasteiger partial charge in [0.1, 0.15) is 0 Å². The Kier molecular flexibility index (Phi) is 3.99. The van der Waals surface area contributed by atoms with Gasteiger partial charge in [-0.15, -0.1) is 11.3 Å². The largest absolute Gasteiger partial charge is 0.370 e. The van der Waals surface area contributed by atoms with Gasteiger partial charge >= 0.3 is 0 Å². The second kappa shape index (κ2) is 5.69. The van der Waals surface area contributed by atoms with E-state index in [1.165, 1.54) is 9.75 Å². The van der Waals surface area contributed by atoms with Crippen molar-refractivity contribution in [1.82, 2.24) is 0 Å². The molecule has 0 spiro atoms. The molecule has 4 heteroatoms. The Morgan fingerprint density at radius 3 is 2.56 bits per heavy atom. The summed E-state index contributed by atoms with van der Waals surface area (Å²) >= 11 is 1.75. The monoisotopic (exact) mass is 259 g/mol. The molecule has 1 unspecified atom stereocenters. The Bertz CT molecular complexity index is 531. The number of para-hydroxylation sites is 1. The molecule has 1 atom stereocenters. The Morgan fingerprint density at radius 2 is 1.94 bits per heavy atom. The van der Waals surface area contributed by atoms with Crippen LogP contribution in [0.15, 0.2) is 47.5 Å². The number of aliphatic imine (C=N–C) groups is 1. The molecule has 0 saturated carbocycles. The van der Waals surface area contributed by atoms with E-state index in [1.807, 2.05) is 37.3 Å². The number of thiophene rings is 1. The number of nitrogens with one attached hydrogen (secondary N) is 1. The molecule has 3 N–H and O–H groups in total. The molecule has 3 nitrogen and oxygen atoms in total. The molecule has 0 bridgehead atoms. The van der Waals surface area contributed by atoms with Crippen molar-refractivity contribution in [2.45, 2.75) is 19.9 Å². The van der Waals surface area contributed by atoms with E-state index in [0.717, 1.165) is 5.69 Å². The zero-order valence-electron chi connectivity index (χ0n) is 10.6. The van der Waals surface area contributed by atoms with Gasteiger partial charge in [0.05, 0.1) is 6.04 Å². The van der Waals surface area contributed by atoms with Crippen LogP contribution in [0.1, 0.15) is 22.7 Å². The van der Waals surface area contributed by atoms with Crippen molar-refractivity contribution in [3.05, 3.63) is 52.2 Å². The van der Waals surface area contributed by atoms with Crippen LogP contribution in [0.3, 0.4) is 0 Å². The molecule has 18 heavy (non-hydrogen) atoms. The number of rotatable bonds is 3. The zero-order chi connectivity index (χ0) is 13.0. The number of nitrogens with two attached hydrogens (primary N) is 1. The van der Waals surface area contributed by atoms with Gasteiger partial charge in [0, 0.05) is 15.4 Å². The highest BCUT2D eigenvalue weighted by molar-refractivity contribution is 7.12. The molecular weight excluding hydrogens is 242 g/mol. The summed E-state index contributed by atoms with van der Waals surface area (Å²) in [6.45, 7) is 4.14. The molecule has 1 aromatic heterocycles. The molecule has 1 heterocycles. The lowest BCUT2D eigenvalue weighted by molar-refractivity contribution is 0.837. The first kappa shape index (κ1) is 12.6. The highest BCUT2D eigenvalue weighted by atomic mass is 32.1. The summed E-state index contributed by atoms with van der Waals surface area (Å²) in [4.78, 5) is 6.97. The quantitative estimate of drug-likeness (QED) is 0.654. The fraction of sp³-hybridized carbons (Fsp3) is 0.214. The average Bonchev–Trinajstić information content (AvgIpc) is 2.77. The topological polar surface area (TPSA) is 50.4 Å². The van der Waals surface area contributed by atoms with E-state index >= 15 is 0 Å². The van der Waals surface area contributed by atoms with Gasteiger partial charge in [-0.3, -0.25) is 0 Å². The lowest BCUT2D eigenvalue weighted by Gasteiger charge is -2.08. The van der Waals surface area contributed by atoms with Crippen LogP contribution in [0.25, 0.3) is 0 Å². The predicted molar refractivity (Wildman–Crippen MR) is 79.2 cm³/mol. The number of hydrogen-bond donors (Lipinski definition) is 2. The third kappa shape index (κ3) is 3.34. The summed E-state index contributed by atoms with van der Waals surface area (Å²) in [6, 6.07) is 14.1. The number of nitrogens with zero attached hydrogens (tertiary/aromatic N) is 1. The Labute approximate surface area is 111 Å². The molecule has 2 rings (SSSR count). The minimum absolute atomic E-state index is 0.0833. The van der Waals surface area contributed by atoms with E-state index < -0.39 is 0 Å². The SMILES string of the molecule is Cc1ccc(C(C)N=C(N)Nc2ccccc2)s1. The number of anilines is 1. The summed E-state index contributed by atoms with van der Waals surface area (Å²) in [5, 5.41) is 3.08. The summed E-state index contributed by atoms with van der Waals surface area (Å²) in [6.07, 6.45) is 0. The van der Waals surface area contributed by atoms with Gasteiger partial charge in [-0.05, 0) is 38.1 Å². The minimum Gasteiger partial charge on any atom is -0.370 e. The highest BCUT2D eigenvalue weighted by Crippen LogP contribution is 2.25. The molecule has 0 radical (unpaired) electrons. The van der Waals surface area contributed by atoms with Crippen molar-refractivity contribution in [3.8, 4) is 0 Å². The van der Waals surface area contributed by atoms with Gasteiger partial charge < -0.3 is 11.1 Å². The van der Waals surface area contributed by atoms with Gasteiger partial charge in [-0.25, -0.2) is 4.99 Å². The second-order valence-corrected chi connectivity index (χ2v) is 5.45. The van der Waals surface area contributed by atoms with Gasteiger partial charge in [0.15, 0.2) is 5.96 Å². The maximum Gasteiger partial charge on any atom is 0.193 e. The lowest BCUT2D eigenvalue weighted by Crippen LogP contribution is -2.23. The van der Waals surface area contributed by atoms with Crippen LogP contribution in [0.5, 0.6) is 0 Å². The van der Waals surface area contributed by atoms with E-state index in [4.69, 9.17) is 5.73 Å². The summed E-state index contributed by atoms with van der Waals surface area (Å²) < 4.78 is 0. The number of aryl methyl sites for hydroxylation is 1. The van der Waals surface area contributed by atoms with Gasteiger partial charge in [0.25, 0.3) is 0 Å². The van der Waals surface area contributed by atoms with E-state index in [9.17, 15) is 0 Å². The van der Waals surface area contributed by atoms with Crippen LogP contribution in [0.4, 0.5) is 5.69 Å². The smallest absolute Gasteiger partial charge is 0.193 e. The highest BCUT2D eigenvalue weighted by Gasteiger charge is 2.06. The lowest BCUT2D eigenvalue weighted by atomic mass is 10.3. The van der Waals surface area contributed by atoms with E-state index in [-0.39, 0.29) is 6.04 Å². The molecular formula is C14H17N3S. The Hall–Kier alpha value is -1.81. The first-order valence-electron chi connectivity index (χ1n) is 5.87. The maximum atomic E-state index is 5.89. The van der Waals surface area contributed by atoms with Crippen LogP contribution >= 0.6 is 11.3 Å². The Balaban J connectivity index is 2.04. The van der Waals surface area contributed by atoms with E-state index in [2.05, 4.69) is 29.4 Å². The Morgan fingerprint density at radius 1 is 1.22 bits per heavy atom. The van der Waals surface area contributed by atoms with Gasteiger partial charge in [-0.2, -0.15) is 0 Å². The molecule has 2 aromatic rings. The van der Waals surface area contributed by atoms with Crippen molar-refractivity contribution in [2.75, 3.05) is 5.32 Å². The fourth-order valence-corrected chi connectivity index (χ4v) is 2.52. The number of hydrogen-bond acceptors (Lipinski definition) is 2. The first-order valence-corrected chi connectivity index (χ1v) is 6.68. The van der Waals surface area contributed by atoms with Crippen molar-refractivity contribution in [2.24, 2.45) is 10.7 Å². The molecule has 0 amide bonds. The standard InChI is InChI=1S/C14H17N3S/c1-10-8-9-13(18-10)11(2)16-14(15)17-12-6-4-3-5-7-12/h3-9,11H,1-2H3,(H3,15,16,17). The fourth-order valence-electron chi connectivity index (χ4n) is 1.65. The molecule has 0 saturated heterocycles. The van der Waals surface area contributed by atoms with Gasteiger partial charge in [0.2, 0.25) is 0 Å². The molecule has 94 valence electrons. The van der Waals surface area contributed by atoms with Crippen molar-refractivity contribution in [1.29, 1.82) is 0 Å². The van der Waals surface area contributed by atoms with E-state index in [0.29, 0.717) is 5.96 Å². The third-order valence-electron chi connectivity index (χ3n) is 2.55. The first-order chi connectivity index (χ1) is 8.65. The van der Waals surface area contributed by atoms with Crippen molar-refractivity contribution < 1.29 is 0 Å². The summed E-state index contributed by atoms with van der Waals surface area (Å²) in [5.74, 6) is 0.444.